The Morgan fingerprint density at radius 3 is 1.97 bits per heavy atom. The van der Waals surface area contributed by atoms with E-state index in [0.717, 1.165) is 40.0 Å². The Hall–Kier alpha value is -6.84. The largest absolute Gasteiger partial charge is 0.493 e. The average molecular weight is 1020 g/mol. The van der Waals surface area contributed by atoms with E-state index in [4.69, 9.17) is 28.7 Å². The molecule has 0 fully saturated rings. The third-order valence-electron chi connectivity index (χ3n) is 13.9. The number of nitrogens with one attached hydrogen (secondary N) is 1. The molecule has 5 aromatic rings. The third kappa shape index (κ3) is 11.0. The summed E-state index contributed by atoms with van der Waals surface area (Å²) in [6.45, 7) is 16.8. The normalized spacial score (nSPS) is 16.7. The van der Waals surface area contributed by atoms with E-state index in [2.05, 4.69) is 11.4 Å². The minimum absolute atomic E-state index is 0.0398. The molecule has 4 aliphatic rings. The summed E-state index contributed by atoms with van der Waals surface area (Å²) in [6, 6.07) is 28.5. The van der Waals surface area contributed by atoms with E-state index in [1.807, 2.05) is 131 Å². The molecule has 0 saturated heterocycles. The number of benzene rings is 5. The van der Waals surface area contributed by atoms with Crippen molar-refractivity contribution in [2.24, 2.45) is 10.4 Å². The smallest absolute Gasteiger partial charge is 0.261 e. The highest BCUT2D eigenvalue weighted by Crippen LogP contribution is 2.44. The molecule has 0 spiro atoms. The number of hydrogen-bond donors (Lipinski definition) is 1. The SMILES string of the molecule is COc1cc2c(cc1OCc1cc(COc3cc4c(cc3OC)C(=O)N3c5ccccc5CC3CN4)cc(N(CC(C)(C)SCC(C)=O)C(=O)C(C)(C)CCOC(C)(C)C)c1)N=CC1Cc3ccccc3N1C2=O. The van der Waals surface area contributed by atoms with Gasteiger partial charge in [-0.1, -0.05) is 50.2 Å². The van der Waals surface area contributed by atoms with Crippen LogP contribution >= 0.6 is 11.8 Å². The first-order chi connectivity index (χ1) is 35.2. The number of ketones is 1. The molecule has 3 amide bonds. The van der Waals surface area contributed by atoms with Crippen LogP contribution in [0.4, 0.5) is 28.4 Å². The Labute approximate surface area is 438 Å². The Balaban J connectivity index is 1.06. The molecular formula is C59H67N5O9S. The second kappa shape index (κ2) is 20.8. The van der Waals surface area contributed by atoms with Gasteiger partial charge >= 0.3 is 0 Å². The van der Waals surface area contributed by atoms with E-state index in [-0.39, 0.29) is 60.9 Å². The van der Waals surface area contributed by atoms with Gasteiger partial charge in [-0.3, -0.25) is 29.1 Å². The van der Waals surface area contributed by atoms with Crippen LogP contribution in [0.15, 0.2) is 96.0 Å². The molecule has 0 aromatic heterocycles. The second-order valence-electron chi connectivity index (χ2n) is 21.8. The van der Waals surface area contributed by atoms with Crippen LogP contribution in [0.1, 0.15) is 105 Å². The average Bonchev–Trinajstić information content (AvgIpc) is 3.86. The van der Waals surface area contributed by atoms with Gasteiger partial charge in [0, 0.05) is 71.7 Å². The molecule has 14 nitrogen and oxygen atoms in total. The van der Waals surface area contributed by atoms with Crippen molar-refractivity contribution >= 4 is 69.9 Å². The van der Waals surface area contributed by atoms with Gasteiger partial charge < -0.3 is 38.8 Å². The van der Waals surface area contributed by atoms with Gasteiger partial charge in [0.15, 0.2) is 23.0 Å². The van der Waals surface area contributed by atoms with E-state index >= 15 is 4.79 Å². The van der Waals surface area contributed by atoms with Crippen molar-refractivity contribution in [3.05, 3.63) is 124 Å². The number of rotatable bonds is 18. The summed E-state index contributed by atoms with van der Waals surface area (Å²) in [5, 5.41) is 3.52. The molecule has 0 radical (unpaired) electrons. The zero-order valence-corrected chi connectivity index (χ0v) is 44.9. The summed E-state index contributed by atoms with van der Waals surface area (Å²) in [4.78, 5) is 66.2. The van der Waals surface area contributed by atoms with Crippen LogP contribution in [0.2, 0.25) is 0 Å². The van der Waals surface area contributed by atoms with Crippen LogP contribution in [0, 0.1) is 5.41 Å². The van der Waals surface area contributed by atoms with E-state index in [1.54, 1.807) is 37.1 Å². The minimum atomic E-state index is -0.850. The summed E-state index contributed by atoms with van der Waals surface area (Å²) >= 11 is 1.50. The number of carbonyl (C=O) groups is 4. The molecule has 15 heteroatoms. The van der Waals surface area contributed by atoms with Gasteiger partial charge in [-0.2, -0.15) is 0 Å². The fraction of sp³-hybridized carbons (Fsp3) is 0.407. The molecule has 4 heterocycles. The number of amides is 3. The van der Waals surface area contributed by atoms with E-state index < -0.39 is 10.2 Å². The van der Waals surface area contributed by atoms with Crippen LogP contribution in [-0.2, 0) is 40.4 Å². The minimum Gasteiger partial charge on any atom is -0.493 e. The van der Waals surface area contributed by atoms with Gasteiger partial charge in [0.05, 0.1) is 60.2 Å². The molecule has 0 bridgehead atoms. The Morgan fingerprint density at radius 2 is 1.34 bits per heavy atom. The number of Topliss-reactive ketones (excluding diaryl/α,β-unsaturated/α-hetero) is 1. The number of carbonyl (C=O) groups excluding carboxylic acids is 4. The van der Waals surface area contributed by atoms with Crippen molar-refractivity contribution in [3.63, 3.8) is 0 Å². The molecule has 1 N–H and O–H groups in total. The highest BCUT2D eigenvalue weighted by molar-refractivity contribution is 8.01. The fourth-order valence-electron chi connectivity index (χ4n) is 10.1. The first-order valence-electron chi connectivity index (χ1n) is 25.3. The van der Waals surface area contributed by atoms with Crippen molar-refractivity contribution < 1.29 is 42.9 Å². The van der Waals surface area contributed by atoms with E-state index in [1.165, 1.54) is 18.9 Å². The zero-order chi connectivity index (χ0) is 52.7. The number of para-hydroxylation sites is 2. The van der Waals surface area contributed by atoms with Crippen molar-refractivity contribution in [1.29, 1.82) is 0 Å². The fourth-order valence-corrected chi connectivity index (χ4v) is 10.9. The second-order valence-corrected chi connectivity index (χ2v) is 23.5. The van der Waals surface area contributed by atoms with Gasteiger partial charge in [-0.25, -0.2) is 0 Å². The van der Waals surface area contributed by atoms with Gasteiger partial charge in [0.1, 0.15) is 19.0 Å². The Morgan fingerprint density at radius 1 is 0.743 bits per heavy atom. The number of hydrogen-bond acceptors (Lipinski definition) is 12. The van der Waals surface area contributed by atoms with Crippen LogP contribution in [0.5, 0.6) is 23.0 Å². The molecule has 388 valence electrons. The van der Waals surface area contributed by atoms with Crippen molar-refractivity contribution in [1.82, 2.24) is 0 Å². The number of aliphatic imine (C=N–C) groups is 1. The first kappa shape index (κ1) is 52.0. The van der Waals surface area contributed by atoms with E-state index in [0.29, 0.717) is 82.9 Å². The van der Waals surface area contributed by atoms with Crippen molar-refractivity contribution in [3.8, 4) is 23.0 Å². The Bertz CT molecular complexity index is 3030. The summed E-state index contributed by atoms with van der Waals surface area (Å²) in [7, 11) is 3.09. The zero-order valence-electron chi connectivity index (χ0n) is 44.1. The topological polar surface area (TPSA) is 149 Å². The van der Waals surface area contributed by atoms with E-state index in [9.17, 15) is 14.4 Å². The van der Waals surface area contributed by atoms with Gasteiger partial charge in [0.2, 0.25) is 5.91 Å². The summed E-state index contributed by atoms with van der Waals surface area (Å²) in [6.07, 6.45) is 3.71. The molecule has 2 unspecified atom stereocenters. The van der Waals surface area contributed by atoms with Crippen LogP contribution < -0.4 is 39.0 Å². The number of nitrogens with zero attached hydrogens (tertiary/aromatic N) is 4. The maximum absolute atomic E-state index is 15.2. The van der Waals surface area contributed by atoms with Crippen LogP contribution in [0.25, 0.3) is 0 Å². The molecule has 2 atom stereocenters. The quantitative estimate of drug-likeness (QED) is 0.0894. The lowest BCUT2D eigenvalue weighted by Gasteiger charge is -2.37. The lowest BCUT2D eigenvalue weighted by Crippen LogP contribution is -2.47. The predicted octanol–water partition coefficient (Wildman–Crippen LogP) is 10.8. The number of fused-ring (bicyclic) bond motifs is 8. The molecule has 0 aliphatic carbocycles. The maximum Gasteiger partial charge on any atom is 0.261 e. The van der Waals surface area contributed by atoms with Crippen LogP contribution in [-0.4, -0.2) is 91.8 Å². The molecule has 74 heavy (non-hydrogen) atoms. The third-order valence-corrected chi connectivity index (χ3v) is 15.4. The molecule has 5 aromatic carbocycles. The molecule has 4 aliphatic heterocycles. The molecule has 0 saturated carbocycles. The number of methoxy groups -OCH3 is 2. The van der Waals surface area contributed by atoms with Crippen LogP contribution in [0.3, 0.4) is 0 Å². The predicted molar refractivity (Wildman–Crippen MR) is 293 cm³/mol. The standard InChI is InChI=1S/C59H67N5O9S/c1-36(65)34-74-59(7,8)35-62(56(68)58(5,6)19-20-73-57(2,3)4)41-22-37(32-71-52-28-46-44(26-50(52)69-9)54(66)63-42(30-60-46)24-39-15-11-13-17-48(39)63)21-38(23-41)33-72-53-29-47-45(27-51(53)70-10)55(67)64-43(31-61-47)25-40-16-12-14-18-49(40)64/h11-18,21-23,26-30,42-43,61H,19-20,24-25,31-35H2,1-10H3. The van der Waals surface area contributed by atoms with Gasteiger partial charge in [-0.15, -0.1) is 11.8 Å². The highest BCUT2D eigenvalue weighted by Gasteiger charge is 2.40. The van der Waals surface area contributed by atoms with Crippen molar-refractivity contribution in [2.45, 2.75) is 110 Å². The monoisotopic (exact) mass is 1020 g/mol. The number of anilines is 4. The van der Waals surface area contributed by atoms with Gasteiger partial charge in [-0.05, 0) is 119 Å². The first-order valence-corrected chi connectivity index (χ1v) is 26.2. The number of thioether (sulfide) groups is 1. The van der Waals surface area contributed by atoms with Gasteiger partial charge in [0.25, 0.3) is 11.8 Å². The highest BCUT2D eigenvalue weighted by atomic mass is 32.2. The molecule has 9 rings (SSSR count). The maximum atomic E-state index is 15.2. The summed E-state index contributed by atoms with van der Waals surface area (Å²) < 4.78 is 30.6. The lowest BCUT2D eigenvalue weighted by molar-refractivity contribution is -0.128. The molecular weight excluding hydrogens is 955 g/mol. The summed E-state index contributed by atoms with van der Waals surface area (Å²) in [5.74, 6) is 1.53. The summed E-state index contributed by atoms with van der Waals surface area (Å²) in [5.41, 5.74) is 6.85. The number of ether oxygens (including phenoxy) is 5. The van der Waals surface area contributed by atoms with Crippen molar-refractivity contribution in [2.75, 3.05) is 59.7 Å². The Kier molecular flexibility index (Phi) is 14.6. The lowest BCUT2D eigenvalue weighted by atomic mass is 9.87.